The molecule has 9 aromatic carbocycles. The van der Waals surface area contributed by atoms with Crippen molar-refractivity contribution in [3.05, 3.63) is 293 Å². The number of para-hydroxylation sites is 5. The van der Waals surface area contributed by atoms with Crippen LogP contribution in [0.2, 0.25) is 5.02 Å². The molecule has 25 nitrogen and oxygen atoms in total. The fourth-order valence-electron chi connectivity index (χ4n) is 18.3. The number of hydrogen-bond acceptors (Lipinski definition) is 27. The Balaban J connectivity index is 0.000000140. The number of fused-ring (bicyclic) bond motifs is 5. The molecule has 0 bridgehead atoms. The SMILES string of the molecule is CC[C@@H](Nc1nc(Nc2ccc(C)c(Cl)c2)nc2c(CCN)cccc12)C1CC1.C[C@@H](Nc1nc(NCC2CCCCC2)nc2c(CCN)cccc12)C(C)(C)C.Cc1cc(Nc2nc(N[C@H](C)c3cccs3)c3cccc(C4=CCNCC4)c3n2)ccc1F.Cc1cc(Nc2nc(N[C@H](C)c3cccs3)c3cccc(CCN)c3n2)ccc1F.Cc1cccc(CNc2nc(N[C@H](C)C(C)(C)C)c3cccc(CCN)c3n2)c1F. The molecule has 31 heteroatoms. The number of thiophene rings is 2. The molecule has 2 saturated carbocycles. The van der Waals surface area contributed by atoms with Gasteiger partial charge in [-0.25, -0.2) is 38.1 Å². The number of nitrogens with zero attached hydrogens (tertiary/aromatic N) is 10. The molecule has 3 aliphatic rings. The summed E-state index contributed by atoms with van der Waals surface area (Å²) < 4.78 is 41.8. The molecule has 7 aromatic heterocycles. The highest BCUT2D eigenvalue weighted by atomic mass is 35.5. The molecule has 0 saturated heterocycles. The summed E-state index contributed by atoms with van der Waals surface area (Å²) in [6.45, 7) is 36.7. The largest absolute Gasteiger partial charge is 0.366 e. The van der Waals surface area contributed by atoms with Crippen molar-refractivity contribution in [2.45, 2.75) is 224 Å². The smallest absolute Gasteiger partial charge is 0.229 e. The zero-order valence-corrected chi connectivity index (χ0v) is 91.5. The third-order valence-electron chi connectivity index (χ3n) is 28.2. The Kier molecular flexibility index (Phi) is 38.4. The number of nitrogens with one attached hydrogen (secondary N) is 11. The van der Waals surface area contributed by atoms with Crippen LogP contribution in [0.25, 0.3) is 60.1 Å². The van der Waals surface area contributed by atoms with Gasteiger partial charge >= 0.3 is 0 Å². The van der Waals surface area contributed by atoms with E-state index in [1.165, 1.54) is 78.0 Å². The highest BCUT2D eigenvalue weighted by Gasteiger charge is 2.32. The molecule has 1 aliphatic heterocycles. The summed E-state index contributed by atoms with van der Waals surface area (Å²) in [6, 6.07) is 61.5. The van der Waals surface area contributed by atoms with E-state index in [0.29, 0.717) is 84.8 Å². The van der Waals surface area contributed by atoms with Crippen molar-refractivity contribution in [3.8, 4) is 0 Å². The molecule has 19 rings (SSSR count). The molecule has 788 valence electrons. The second-order valence-corrected chi connectivity index (χ2v) is 43.9. The normalized spacial score (nSPS) is 14.2. The van der Waals surface area contributed by atoms with E-state index in [1.54, 1.807) is 79.8 Å². The Morgan fingerprint density at radius 1 is 0.413 bits per heavy atom. The van der Waals surface area contributed by atoms with Gasteiger partial charge in [-0.15, -0.1) is 22.7 Å². The Morgan fingerprint density at radius 2 is 0.813 bits per heavy atom. The van der Waals surface area contributed by atoms with Crippen molar-refractivity contribution >= 4 is 170 Å². The molecule has 2 fully saturated rings. The van der Waals surface area contributed by atoms with Gasteiger partial charge in [0, 0.05) is 108 Å². The number of rotatable bonds is 35. The molecule has 0 unspecified atom stereocenters. The van der Waals surface area contributed by atoms with Crippen LogP contribution in [0, 0.1) is 67.8 Å². The zero-order valence-electron chi connectivity index (χ0n) is 89.1. The maximum Gasteiger partial charge on any atom is 0.229 e. The number of anilines is 13. The Hall–Kier alpha value is -13.3. The van der Waals surface area contributed by atoms with Crippen molar-refractivity contribution in [1.82, 2.24) is 55.2 Å². The molecular formula is C119H147ClF3N25S2. The quantitative estimate of drug-likeness (QED) is 0.0175. The van der Waals surface area contributed by atoms with Gasteiger partial charge in [0.15, 0.2) is 0 Å². The van der Waals surface area contributed by atoms with Gasteiger partial charge in [-0.3, -0.25) is 0 Å². The lowest BCUT2D eigenvalue weighted by Crippen LogP contribution is -2.31. The summed E-state index contributed by atoms with van der Waals surface area (Å²) >= 11 is 9.72. The number of hydrogen-bond donors (Lipinski definition) is 15. The minimum Gasteiger partial charge on any atom is -0.366 e. The van der Waals surface area contributed by atoms with Gasteiger partial charge in [-0.1, -0.05) is 182 Å². The van der Waals surface area contributed by atoms with E-state index in [-0.39, 0.29) is 52.4 Å². The Morgan fingerprint density at radius 3 is 1.23 bits per heavy atom. The fraction of sp³-hybridized carbons (Fsp3) is 0.378. The number of aryl methyl sites for hydroxylation is 4. The molecule has 8 heterocycles. The second-order valence-electron chi connectivity index (χ2n) is 41.5. The molecule has 5 atom stereocenters. The van der Waals surface area contributed by atoms with E-state index in [0.717, 1.165) is 209 Å². The van der Waals surface area contributed by atoms with E-state index in [4.69, 9.17) is 84.4 Å². The van der Waals surface area contributed by atoms with Crippen molar-refractivity contribution < 1.29 is 13.2 Å². The fourth-order valence-corrected chi connectivity index (χ4v) is 19.9. The second kappa shape index (κ2) is 52.0. The van der Waals surface area contributed by atoms with Crippen molar-refractivity contribution in [2.24, 2.45) is 45.6 Å². The van der Waals surface area contributed by atoms with E-state index < -0.39 is 0 Å². The number of benzene rings is 9. The van der Waals surface area contributed by atoms with E-state index >= 15 is 0 Å². The number of nitrogens with two attached hydrogens (primary N) is 4. The standard InChI is InChI=1S/C26H26FN5S.C24H32FN5.C23H28ClN5.C23H24FN5S.C23H37N5/c1-16-15-19(8-9-22(16)27)30-26-31-24-20(18-10-12-28-13-11-18)5-3-6-21(24)25(32-26)29-17(2)23-7-4-14-33-23;1-15-8-6-10-18(20(15)25)14-27-23-29-21-17(12-13-26)9-7-11-19(21)22(30-23)28-16(2)24(3,4)5;1-3-20(15-8-9-15)27-22-18-6-4-5-16(11-12-25)21(18)28-23(29-22)26-17-10-7-14(2)19(24)13-17;1-14-13-17(8-9-19(14)24)27-23-28-21-16(10-11-25)5-3-6-18(21)22(29-23)26-15(2)20-7-4-12-30-20;1-16(23(2,3)4)26-21-19-12-8-11-18(13-14-24)20(19)27-22(28-21)25-15-17-9-6-5-7-10-17/h3-10,14-15,17,28H,11-13H2,1-2H3,(H2,29,30,31,32);6-11,16H,12-14,26H2,1-5H3,(H2,27,28,29,30);4-7,10,13,15,20H,3,8-9,11-12,25H2,1-2H3,(H2,26,27,28,29);3-9,12-13,15H,10-11,25H2,1-2H3,(H2,26,27,28,29);8,11-12,16-17H,5-7,9-10,13-15,24H2,1-4H3,(H2,25,26,27,28)/t17-;16-;20-;15-;16-/m11111/s1. The minimum atomic E-state index is -0.239. The first-order valence-electron chi connectivity index (χ1n) is 52.7. The van der Waals surface area contributed by atoms with Crippen molar-refractivity contribution in [3.63, 3.8) is 0 Å². The van der Waals surface area contributed by atoms with Crippen molar-refractivity contribution in [2.75, 3.05) is 99.0 Å². The summed E-state index contributed by atoms with van der Waals surface area (Å²) in [6.07, 6.45) is 16.6. The van der Waals surface area contributed by atoms with Crippen LogP contribution in [0.4, 0.5) is 89.1 Å². The molecule has 0 amide bonds. The first kappa shape index (κ1) is 111. The molecule has 0 spiro atoms. The van der Waals surface area contributed by atoms with Crippen LogP contribution in [0.1, 0.15) is 211 Å². The lowest BCUT2D eigenvalue weighted by molar-refractivity contribution is 0.359. The first-order chi connectivity index (χ1) is 72.3. The van der Waals surface area contributed by atoms with Crippen LogP contribution in [-0.2, 0) is 32.2 Å². The van der Waals surface area contributed by atoms with Crippen LogP contribution < -0.4 is 81.4 Å². The molecule has 150 heavy (non-hydrogen) atoms. The summed E-state index contributed by atoms with van der Waals surface area (Å²) in [5.74, 6) is 7.60. The zero-order chi connectivity index (χ0) is 106. The van der Waals surface area contributed by atoms with Gasteiger partial charge in [-0.2, -0.15) is 24.9 Å². The minimum absolute atomic E-state index is 0.0599. The van der Waals surface area contributed by atoms with E-state index in [2.05, 4.69) is 224 Å². The van der Waals surface area contributed by atoms with Crippen molar-refractivity contribution in [1.29, 1.82) is 0 Å². The van der Waals surface area contributed by atoms with Crippen LogP contribution in [0.3, 0.4) is 0 Å². The topological polar surface area (TPSA) is 365 Å². The third-order valence-corrected chi connectivity index (χ3v) is 30.7. The molecule has 2 aliphatic carbocycles. The van der Waals surface area contributed by atoms with Gasteiger partial charge in [-0.05, 0) is 327 Å². The predicted molar refractivity (Wildman–Crippen MR) is 624 cm³/mol. The van der Waals surface area contributed by atoms with E-state index in [9.17, 15) is 13.2 Å². The summed E-state index contributed by atoms with van der Waals surface area (Å²) in [7, 11) is 0. The maximum absolute atomic E-state index is 14.4. The highest BCUT2D eigenvalue weighted by Crippen LogP contribution is 2.42. The molecule has 16 aromatic rings. The lowest BCUT2D eigenvalue weighted by Gasteiger charge is -2.29. The van der Waals surface area contributed by atoms with Gasteiger partial charge < -0.3 is 81.4 Å². The summed E-state index contributed by atoms with van der Waals surface area (Å²) in [5, 5.41) is 47.9. The lowest BCUT2D eigenvalue weighted by atomic mass is 9.88. The number of aromatic nitrogens is 10. The molecule has 0 radical (unpaired) electrons. The monoisotopic (exact) mass is 2080 g/mol. The first-order valence-corrected chi connectivity index (χ1v) is 54.8. The van der Waals surface area contributed by atoms with Crippen LogP contribution in [0.5, 0.6) is 0 Å². The third kappa shape index (κ3) is 29.3. The average Bonchev–Trinajstić information content (AvgIpc) is 1.03. The van der Waals surface area contributed by atoms with Crippen LogP contribution in [0.15, 0.2) is 205 Å². The number of halogens is 4. The molecular weight excluding hydrogens is 1940 g/mol. The summed E-state index contributed by atoms with van der Waals surface area (Å²) in [5.41, 5.74) is 40.8. The molecule has 19 N–H and O–H groups in total. The Labute approximate surface area is 894 Å². The Bertz CT molecular complexity index is 7270. The van der Waals surface area contributed by atoms with Gasteiger partial charge in [0.05, 0.1) is 39.7 Å². The van der Waals surface area contributed by atoms with Crippen LogP contribution in [-0.4, -0.2) is 114 Å². The van der Waals surface area contributed by atoms with Gasteiger partial charge in [0.1, 0.15) is 46.5 Å². The highest BCUT2D eigenvalue weighted by molar-refractivity contribution is 7.10. The maximum atomic E-state index is 14.4. The van der Waals surface area contributed by atoms with Gasteiger partial charge in [0.2, 0.25) is 29.7 Å². The predicted octanol–water partition coefficient (Wildman–Crippen LogP) is 27.4. The van der Waals surface area contributed by atoms with Gasteiger partial charge in [0.25, 0.3) is 0 Å². The van der Waals surface area contributed by atoms with Crippen LogP contribution >= 0.6 is 34.3 Å². The van der Waals surface area contributed by atoms with E-state index in [1.807, 2.05) is 73.7 Å². The summed E-state index contributed by atoms with van der Waals surface area (Å²) in [4.78, 5) is 50.6. The average molecular weight is 2080 g/mol.